The number of allylic oxidation sites excluding steroid dienone is 3. The van der Waals surface area contributed by atoms with Crippen molar-refractivity contribution in [3.63, 3.8) is 0 Å². The number of carbonyl (C=O) groups excluding carboxylic acids is 12. The predicted molar refractivity (Wildman–Crippen MR) is 357 cm³/mol. The molecule has 0 N–H and O–H groups in total. The van der Waals surface area contributed by atoms with Gasteiger partial charge in [0.05, 0.1) is 52.4 Å². The van der Waals surface area contributed by atoms with E-state index in [0.29, 0.717) is 55.0 Å². The van der Waals surface area contributed by atoms with E-state index < -0.39 is 127 Å². The summed E-state index contributed by atoms with van der Waals surface area (Å²) in [6.07, 6.45) is 13.1. The third-order valence-electron chi connectivity index (χ3n) is 11.0. The normalized spacial score (nSPS) is 9.85. The Labute approximate surface area is 577 Å². The standard InChI is InChI=1S/C21H21N3O12.C18H21N3O9.C15H20O6.C6H12O3.C5H10/c1-4-13(25)16(28)7-10-36-24-20(32)22(8-11-34-17(29)14(26)5-2)19(31)23(21(24)33)9-12-35-18(30)15(27)6-3;1-4-13(22)7-10-30-21-17(26)19(8-11-28-14(23)5-2)16(25)20(18(21)27)9-12-29-15(24)6-3;1-4-12(16)7-19-10-15(21-9-14(18)6-3)11-20-8-13(17)5-2;1-3-4-8-9-6-5-7-2;1-3-5-4-2/h4-6H,1-3,7-12H2;4-6H,1-3,7-12H2;4-6,15H,1-3,7-11H2;3H,1,4-6H2,2H3;3H,1,4-5H2,2H3. The zero-order valence-corrected chi connectivity index (χ0v) is 56.2. The molecule has 2 aromatic heterocycles. The number of hydrogen-bond donors (Lipinski definition) is 0. The van der Waals surface area contributed by atoms with Crippen molar-refractivity contribution < 1.29 is 115 Å². The highest BCUT2D eigenvalue weighted by Crippen LogP contribution is 1.99. The molecule has 0 fully saturated rings. The van der Waals surface area contributed by atoms with Gasteiger partial charge in [-0.15, -0.1) is 13.2 Å². The summed E-state index contributed by atoms with van der Waals surface area (Å²) >= 11 is 0. The third-order valence-corrected chi connectivity index (χ3v) is 11.0. The number of ketones is 8. The van der Waals surface area contributed by atoms with Crippen molar-refractivity contribution in [2.45, 2.75) is 64.9 Å². The minimum absolute atomic E-state index is 0.0479. The Balaban J connectivity index is -0.00000133. The maximum absolute atomic E-state index is 12.7. The monoisotopic (exact) mass is 1430 g/mol. The van der Waals surface area contributed by atoms with Crippen LogP contribution in [0.4, 0.5) is 0 Å². The first-order valence-electron chi connectivity index (χ1n) is 29.6. The molecule has 0 atom stereocenters. The second kappa shape index (κ2) is 57.6. The highest BCUT2D eigenvalue weighted by atomic mass is 17.2. The molecule has 0 amide bonds. The molecule has 554 valence electrons. The first kappa shape index (κ1) is 93.7. The first-order valence-corrected chi connectivity index (χ1v) is 29.6. The zero-order valence-electron chi connectivity index (χ0n) is 56.2. The van der Waals surface area contributed by atoms with E-state index in [0.717, 1.165) is 49.0 Å². The largest absolute Gasteiger partial charge is 0.461 e. The molecule has 36 heteroatoms. The van der Waals surface area contributed by atoms with Crippen LogP contribution in [-0.4, -0.2) is 204 Å². The van der Waals surface area contributed by atoms with Crippen molar-refractivity contribution in [3.8, 4) is 0 Å². The van der Waals surface area contributed by atoms with E-state index in [1.165, 1.54) is 6.42 Å². The van der Waals surface area contributed by atoms with Gasteiger partial charge in [-0.1, -0.05) is 94.2 Å². The van der Waals surface area contributed by atoms with E-state index in [2.05, 4.69) is 98.5 Å². The zero-order chi connectivity index (χ0) is 77.3. The molecular formula is C65H84N6O30. The number of carbonyl (C=O) groups is 12. The molecule has 36 nitrogen and oxygen atoms in total. The summed E-state index contributed by atoms with van der Waals surface area (Å²) in [6, 6.07) is 0. The number of aromatic nitrogens is 6. The van der Waals surface area contributed by atoms with Gasteiger partial charge in [-0.3, -0.25) is 38.4 Å². The lowest BCUT2D eigenvalue weighted by molar-refractivity contribution is -0.290. The summed E-state index contributed by atoms with van der Waals surface area (Å²) in [5.74, 6) is -9.39. The Morgan fingerprint density at radius 3 is 1.10 bits per heavy atom. The molecule has 0 saturated heterocycles. The van der Waals surface area contributed by atoms with E-state index >= 15 is 0 Å². The van der Waals surface area contributed by atoms with E-state index in [1.54, 1.807) is 13.2 Å². The Bertz CT molecular complexity index is 3260. The van der Waals surface area contributed by atoms with Crippen LogP contribution in [0.25, 0.3) is 0 Å². The quantitative estimate of drug-likeness (QED) is 0.0107. The van der Waals surface area contributed by atoms with Crippen LogP contribution in [-0.2, 0) is 131 Å². The minimum Gasteiger partial charge on any atom is -0.461 e. The summed E-state index contributed by atoms with van der Waals surface area (Å²) in [7, 11) is 1.61. The molecule has 0 bridgehead atoms. The lowest BCUT2D eigenvalue weighted by Crippen LogP contribution is -2.57. The lowest BCUT2D eigenvalue weighted by atomic mass is 10.2. The molecular weight excluding hydrogens is 1340 g/mol. The fourth-order valence-electron chi connectivity index (χ4n) is 5.95. The third kappa shape index (κ3) is 40.8. The molecule has 101 heavy (non-hydrogen) atoms. The highest BCUT2D eigenvalue weighted by Gasteiger charge is 2.22. The number of esters is 4. The van der Waals surface area contributed by atoms with Gasteiger partial charge < -0.3 is 47.6 Å². The summed E-state index contributed by atoms with van der Waals surface area (Å²) in [5.41, 5.74) is -7.21. The summed E-state index contributed by atoms with van der Waals surface area (Å²) in [4.78, 5) is 230. The van der Waals surface area contributed by atoms with Crippen molar-refractivity contribution in [1.82, 2.24) is 27.7 Å². The summed E-state index contributed by atoms with van der Waals surface area (Å²) in [6.45, 7) is 34.2. The van der Waals surface area contributed by atoms with Gasteiger partial charge in [-0.05, 0) is 49.0 Å². The van der Waals surface area contributed by atoms with Crippen LogP contribution in [0.5, 0.6) is 0 Å². The molecule has 2 rings (SSSR count). The van der Waals surface area contributed by atoms with Crippen molar-refractivity contribution in [2.75, 3.05) is 99.6 Å². The van der Waals surface area contributed by atoms with Crippen molar-refractivity contribution in [3.05, 3.63) is 202 Å². The second-order valence-corrected chi connectivity index (χ2v) is 18.3. The molecule has 2 aromatic rings. The average molecular weight is 1430 g/mol. The highest BCUT2D eigenvalue weighted by molar-refractivity contribution is 6.41. The van der Waals surface area contributed by atoms with Gasteiger partial charge in [-0.25, -0.2) is 76.0 Å². The van der Waals surface area contributed by atoms with Crippen LogP contribution in [0.3, 0.4) is 0 Å². The first-order chi connectivity index (χ1) is 48.1. The number of hydrogen-bond acceptors (Lipinski definition) is 30. The molecule has 0 unspecified atom stereocenters. The molecule has 0 spiro atoms. The van der Waals surface area contributed by atoms with Crippen LogP contribution < -0.4 is 43.8 Å². The van der Waals surface area contributed by atoms with E-state index in [-0.39, 0.29) is 100 Å². The van der Waals surface area contributed by atoms with Gasteiger partial charge in [0.15, 0.2) is 23.1 Å². The van der Waals surface area contributed by atoms with Crippen molar-refractivity contribution >= 4 is 70.1 Å². The molecule has 0 radical (unpaired) electrons. The van der Waals surface area contributed by atoms with E-state index in [1.807, 2.05) is 6.08 Å². The van der Waals surface area contributed by atoms with Gasteiger partial charge in [-0.2, -0.15) is 0 Å². The maximum atomic E-state index is 12.7. The average Bonchev–Trinajstić information content (AvgIpc) is 0.795. The summed E-state index contributed by atoms with van der Waals surface area (Å²) < 4.78 is 41.3. The van der Waals surface area contributed by atoms with Gasteiger partial charge in [0.25, 0.3) is 11.6 Å². The topological polar surface area (TPSA) is 448 Å². The summed E-state index contributed by atoms with van der Waals surface area (Å²) in [5, 5.41) is 0. The lowest BCUT2D eigenvalue weighted by Gasteiger charge is -2.17. The fraction of sp³-hybridized carbons (Fsp3) is 0.385. The fourth-order valence-corrected chi connectivity index (χ4v) is 5.95. The smallest absolute Gasteiger partial charge is 0.379 e. The van der Waals surface area contributed by atoms with Gasteiger partial charge in [0.1, 0.15) is 78.8 Å². The van der Waals surface area contributed by atoms with E-state index in [9.17, 15) is 86.3 Å². The number of Topliss-reactive ketones (excluding diaryl/α,β-unsaturated/α-hetero) is 1. The van der Waals surface area contributed by atoms with Gasteiger partial charge in [0.2, 0.25) is 11.6 Å². The molecule has 0 aromatic carbocycles. The molecule has 2 heterocycles. The molecule has 0 aliphatic heterocycles. The van der Waals surface area contributed by atoms with Gasteiger partial charge in [0, 0.05) is 25.7 Å². The second-order valence-electron chi connectivity index (χ2n) is 18.3. The Hall–Kier alpha value is -11.4. The van der Waals surface area contributed by atoms with Crippen LogP contribution in [0.1, 0.15) is 32.6 Å². The number of unbranched alkanes of at least 4 members (excludes halogenated alkanes) is 1. The van der Waals surface area contributed by atoms with E-state index in [4.69, 9.17) is 38.1 Å². The van der Waals surface area contributed by atoms with Gasteiger partial charge >= 0.3 is 58.0 Å². The maximum Gasteiger partial charge on any atom is 0.379 e. The number of ether oxygens (including phenoxy) is 8. The molecule has 0 aliphatic rings. The number of methoxy groups -OCH3 is 1. The van der Waals surface area contributed by atoms with Crippen LogP contribution in [0, 0.1) is 0 Å². The molecule has 0 saturated carbocycles. The Morgan fingerprint density at radius 2 is 0.772 bits per heavy atom. The number of nitrogens with zero attached hydrogens (tertiary/aromatic N) is 6. The predicted octanol–water partition coefficient (Wildman–Crippen LogP) is -1.48. The van der Waals surface area contributed by atoms with Crippen molar-refractivity contribution in [2.24, 2.45) is 0 Å². The van der Waals surface area contributed by atoms with Crippen LogP contribution >= 0.6 is 0 Å². The minimum atomic E-state index is -1.34. The van der Waals surface area contributed by atoms with Crippen LogP contribution in [0.15, 0.2) is 168 Å². The Kier molecular flexibility index (Phi) is 53.5. The number of rotatable bonds is 51. The van der Waals surface area contributed by atoms with Crippen LogP contribution in [0.2, 0.25) is 0 Å². The van der Waals surface area contributed by atoms with Crippen molar-refractivity contribution in [1.29, 1.82) is 0 Å². The Morgan fingerprint density at radius 1 is 0.396 bits per heavy atom. The molecule has 0 aliphatic carbocycles. The SMILES string of the molecule is C=CC(=O)C(=O)CCOn1c(=O)n(CCOC(=O)C(=O)C=C)c(=O)n(CCOC(=O)C(=O)C=C)c1=O.C=CC(=O)CCOn1c(=O)n(CCOC(=O)C=C)c(=O)n(CCOC(=O)C=C)c1=O.C=CC(=O)COCC(COCC(=O)C=C)OCC(=O)C=C.C=CCCC.C=CCOOCCOC.